The van der Waals surface area contributed by atoms with E-state index in [0.29, 0.717) is 13.0 Å². The summed E-state index contributed by atoms with van der Waals surface area (Å²) in [5.41, 5.74) is 0. The first-order valence-corrected chi connectivity index (χ1v) is 6.98. The molecule has 0 aromatic carbocycles. The number of rotatable bonds is 2. The lowest BCUT2D eigenvalue weighted by molar-refractivity contribution is 0.144. The maximum Gasteiger partial charge on any atom is 0.246 e. The summed E-state index contributed by atoms with van der Waals surface area (Å²) in [7, 11) is -1.94. The summed E-state index contributed by atoms with van der Waals surface area (Å²) in [5.74, 6) is -0.0738. The Balaban J connectivity index is 2.22. The molecule has 17 heavy (non-hydrogen) atoms. The average Bonchev–Trinajstić information content (AvgIpc) is 2.69. The van der Waals surface area contributed by atoms with E-state index in [1.807, 2.05) is 0 Å². The molecule has 1 aromatic rings. The van der Waals surface area contributed by atoms with Gasteiger partial charge in [0.2, 0.25) is 10.0 Å². The van der Waals surface area contributed by atoms with Gasteiger partial charge in [-0.3, -0.25) is 4.68 Å². The van der Waals surface area contributed by atoms with Crippen LogP contribution in [0.1, 0.15) is 13.3 Å². The molecule has 1 aromatic heterocycles. The van der Waals surface area contributed by atoms with Gasteiger partial charge < -0.3 is 0 Å². The van der Waals surface area contributed by atoms with Crippen molar-refractivity contribution in [2.24, 2.45) is 13.0 Å². The van der Waals surface area contributed by atoms with Crippen molar-refractivity contribution in [3.05, 3.63) is 12.4 Å². The highest BCUT2D eigenvalue weighted by molar-refractivity contribution is 7.89. The summed E-state index contributed by atoms with van der Waals surface area (Å²) in [5, 5.41) is 3.83. The quantitative estimate of drug-likeness (QED) is 0.791. The predicted molar refractivity (Wildman–Crippen MR) is 60.6 cm³/mol. The Morgan fingerprint density at radius 1 is 1.53 bits per heavy atom. The van der Waals surface area contributed by atoms with Gasteiger partial charge in [0.15, 0.2) is 0 Å². The molecule has 0 saturated carbocycles. The van der Waals surface area contributed by atoms with Crippen LogP contribution in [0.2, 0.25) is 0 Å². The van der Waals surface area contributed by atoms with Crippen molar-refractivity contribution in [1.82, 2.24) is 14.1 Å². The van der Waals surface area contributed by atoms with Crippen LogP contribution >= 0.6 is 0 Å². The van der Waals surface area contributed by atoms with Crippen LogP contribution in [-0.4, -0.2) is 41.8 Å². The van der Waals surface area contributed by atoms with Gasteiger partial charge in [-0.1, -0.05) is 6.92 Å². The van der Waals surface area contributed by atoms with Crippen molar-refractivity contribution in [3.63, 3.8) is 0 Å². The number of aromatic nitrogens is 2. The van der Waals surface area contributed by atoms with Crippen molar-refractivity contribution in [2.75, 3.05) is 13.1 Å². The molecule has 2 rings (SSSR count). The van der Waals surface area contributed by atoms with Crippen molar-refractivity contribution < 1.29 is 12.8 Å². The molecule has 0 bridgehead atoms. The summed E-state index contributed by atoms with van der Waals surface area (Å²) >= 11 is 0. The first-order valence-electron chi connectivity index (χ1n) is 5.54. The minimum atomic E-state index is -3.59. The smallest absolute Gasteiger partial charge is 0.246 e. The lowest BCUT2D eigenvalue weighted by atomic mass is 9.99. The fourth-order valence-electron chi connectivity index (χ4n) is 1.89. The van der Waals surface area contributed by atoms with Gasteiger partial charge in [0.1, 0.15) is 11.1 Å². The molecule has 5 nitrogen and oxygen atoms in total. The summed E-state index contributed by atoms with van der Waals surface area (Å²) in [6, 6.07) is 0. The highest BCUT2D eigenvalue weighted by Gasteiger charge is 2.34. The highest BCUT2D eigenvalue weighted by Crippen LogP contribution is 2.25. The molecule has 2 atom stereocenters. The maximum atomic E-state index is 13.6. The van der Waals surface area contributed by atoms with Crippen LogP contribution in [0.25, 0.3) is 0 Å². The van der Waals surface area contributed by atoms with E-state index in [-0.39, 0.29) is 17.4 Å². The number of hydrogen-bond acceptors (Lipinski definition) is 3. The topological polar surface area (TPSA) is 55.2 Å². The van der Waals surface area contributed by atoms with E-state index in [0.717, 1.165) is 0 Å². The molecule has 2 heterocycles. The lowest BCUT2D eigenvalue weighted by Gasteiger charge is -2.31. The van der Waals surface area contributed by atoms with E-state index in [1.165, 1.54) is 21.4 Å². The van der Waals surface area contributed by atoms with Crippen LogP contribution in [0.3, 0.4) is 0 Å². The number of aryl methyl sites for hydroxylation is 1. The van der Waals surface area contributed by atoms with Crippen LogP contribution in [0.4, 0.5) is 4.39 Å². The molecule has 0 amide bonds. The number of alkyl halides is 1. The Bertz CT molecular complexity index is 499. The van der Waals surface area contributed by atoms with E-state index >= 15 is 0 Å². The molecule has 7 heteroatoms. The van der Waals surface area contributed by atoms with Gasteiger partial charge in [0.25, 0.3) is 0 Å². The maximum absolute atomic E-state index is 13.6. The zero-order valence-corrected chi connectivity index (χ0v) is 10.7. The number of piperidine rings is 1. The number of sulfonamides is 1. The Morgan fingerprint density at radius 3 is 2.76 bits per heavy atom. The van der Waals surface area contributed by atoms with Gasteiger partial charge in [0.05, 0.1) is 6.20 Å². The number of halogens is 1. The van der Waals surface area contributed by atoms with Gasteiger partial charge in [-0.25, -0.2) is 12.8 Å². The number of nitrogens with zero attached hydrogens (tertiary/aromatic N) is 3. The molecule has 1 saturated heterocycles. The minimum Gasteiger partial charge on any atom is -0.274 e. The first-order chi connectivity index (χ1) is 7.91. The molecule has 0 aliphatic carbocycles. The van der Waals surface area contributed by atoms with E-state index in [2.05, 4.69) is 5.10 Å². The molecule has 0 unspecified atom stereocenters. The van der Waals surface area contributed by atoms with Crippen LogP contribution in [0.15, 0.2) is 17.3 Å². The zero-order valence-electron chi connectivity index (χ0n) is 9.88. The molecule has 1 aliphatic rings. The van der Waals surface area contributed by atoms with Crippen molar-refractivity contribution in [3.8, 4) is 0 Å². The fourth-order valence-corrected chi connectivity index (χ4v) is 3.34. The first kappa shape index (κ1) is 12.5. The van der Waals surface area contributed by atoms with E-state index in [1.54, 1.807) is 14.0 Å². The molecule has 1 aliphatic heterocycles. The van der Waals surface area contributed by atoms with E-state index in [9.17, 15) is 12.8 Å². The van der Waals surface area contributed by atoms with Crippen LogP contribution < -0.4 is 0 Å². The molecule has 1 fully saturated rings. The van der Waals surface area contributed by atoms with Crippen LogP contribution in [-0.2, 0) is 17.1 Å². The third-order valence-corrected chi connectivity index (χ3v) is 4.97. The van der Waals surface area contributed by atoms with Gasteiger partial charge in [-0.05, 0) is 12.3 Å². The van der Waals surface area contributed by atoms with E-state index < -0.39 is 16.2 Å². The van der Waals surface area contributed by atoms with Crippen molar-refractivity contribution >= 4 is 10.0 Å². The zero-order chi connectivity index (χ0) is 12.6. The average molecular weight is 261 g/mol. The van der Waals surface area contributed by atoms with Gasteiger partial charge in [-0.15, -0.1) is 0 Å². The van der Waals surface area contributed by atoms with Gasteiger partial charge >= 0.3 is 0 Å². The molecular weight excluding hydrogens is 245 g/mol. The third-order valence-electron chi connectivity index (χ3n) is 3.15. The molecule has 96 valence electrons. The van der Waals surface area contributed by atoms with Crippen LogP contribution in [0.5, 0.6) is 0 Å². The van der Waals surface area contributed by atoms with Crippen molar-refractivity contribution in [1.29, 1.82) is 0 Å². The van der Waals surface area contributed by atoms with Crippen molar-refractivity contribution in [2.45, 2.75) is 24.4 Å². The minimum absolute atomic E-state index is 0.0571. The summed E-state index contributed by atoms with van der Waals surface area (Å²) in [6.07, 6.45) is 2.19. The highest BCUT2D eigenvalue weighted by atomic mass is 32.2. The molecule has 0 N–H and O–H groups in total. The molecule has 0 radical (unpaired) electrons. The normalized spacial score (nSPS) is 27.2. The summed E-state index contributed by atoms with van der Waals surface area (Å²) in [6.45, 7) is 2.12. The van der Waals surface area contributed by atoms with Crippen LogP contribution in [0, 0.1) is 5.92 Å². The van der Waals surface area contributed by atoms with Gasteiger partial charge in [-0.2, -0.15) is 9.40 Å². The Hall–Kier alpha value is -0.950. The second-order valence-corrected chi connectivity index (χ2v) is 6.43. The Morgan fingerprint density at radius 2 is 2.24 bits per heavy atom. The second kappa shape index (κ2) is 4.38. The Labute approximate surface area is 100 Å². The lowest BCUT2D eigenvalue weighted by Crippen LogP contribution is -2.44. The van der Waals surface area contributed by atoms with Gasteiger partial charge in [0, 0.05) is 26.3 Å². The van der Waals surface area contributed by atoms with E-state index in [4.69, 9.17) is 0 Å². The molecular formula is C10H16FN3O2S. The second-order valence-electron chi connectivity index (χ2n) is 4.49. The fraction of sp³-hybridized carbons (Fsp3) is 0.700. The SMILES string of the molecule is C[C@H]1CCN(S(=O)(=O)c2cnn(C)c2)C[C@H]1F. The summed E-state index contributed by atoms with van der Waals surface area (Å²) in [4.78, 5) is 0.127. The largest absolute Gasteiger partial charge is 0.274 e. The summed E-state index contributed by atoms with van der Waals surface area (Å²) < 4.78 is 40.5. The standard InChI is InChI=1S/C10H16FN3O2S/c1-8-3-4-14(7-10(8)11)17(15,16)9-5-12-13(2)6-9/h5-6,8,10H,3-4,7H2,1-2H3/t8-,10+/m0/s1. The third kappa shape index (κ3) is 2.35. The predicted octanol–water partition coefficient (Wildman–Crippen LogP) is 0.789. The monoisotopic (exact) mass is 261 g/mol. The Kier molecular flexibility index (Phi) is 3.22. The number of hydrogen-bond donors (Lipinski definition) is 0. The molecule has 0 spiro atoms.